The molecule has 0 aliphatic carbocycles. The fourth-order valence-electron chi connectivity index (χ4n) is 8.35. The van der Waals surface area contributed by atoms with Gasteiger partial charge in [0.15, 0.2) is 17.5 Å². The smallest absolute Gasteiger partial charge is 0.165 e. The van der Waals surface area contributed by atoms with Gasteiger partial charge in [-0.2, -0.15) is 0 Å². The zero-order valence-electron chi connectivity index (χ0n) is 30.3. The van der Waals surface area contributed by atoms with E-state index in [0.717, 1.165) is 16.7 Å². The second kappa shape index (κ2) is 13.0. The molecule has 0 saturated carbocycles. The van der Waals surface area contributed by atoms with Gasteiger partial charge in [0.05, 0.1) is 0 Å². The number of benzene rings is 8. The second-order valence-corrected chi connectivity index (χ2v) is 17.5. The highest BCUT2D eigenvalue weighted by molar-refractivity contribution is 7.27. The largest absolute Gasteiger partial charge is 0.208 e. The number of aromatic nitrogens is 3. The lowest BCUT2D eigenvalue weighted by Gasteiger charge is -2.11. The van der Waals surface area contributed by atoms with Gasteiger partial charge in [-0.15, -0.1) is 34.0 Å². The van der Waals surface area contributed by atoms with E-state index in [1.54, 1.807) is 11.3 Å². The fraction of sp³-hybridized carbons (Fsp3) is 0. The molecule has 12 aromatic rings. The van der Waals surface area contributed by atoms with Gasteiger partial charge in [-0.25, -0.2) is 15.0 Å². The maximum Gasteiger partial charge on any atom is 0.165 e. The number of nitrogens with zero attached hydrogens (tertiary/aromatic N) is 3. The summed E-state index contributed by atoms with van der Waals surface area (Å²) in [6.45, 7) is 0. The molecule has 0 unspecified atom stereocenters. The van der Waals surface area contributed by atoms with Crippen LogP contribution in [0.25, 0.3) is 117 Å². The van der Waals surface area contributed by atoms with Crippen LogP contribution in [-0.2, 0) is 0 Å². The summed E-state index contributed by atoms with van der Waals surface area (Å²) in [5, 5.41) is 7.74. The molecule has 57 heavy (non-hydrogen) atoms. The lowest BCUT2D eigenvalue weighted by atomic mass is 9.92. The van der Waals surface area contributed by atoms with E-state index in [4.69, 9.17) is 15.0 Å². The Bertz CT molecular complexity index is 3470. The second-order valence-electron chi connectivity index (χ2n) is 14.3. The van der Waals surface area contributed by atoms with E-state index in [0.29, 0.717) is 17.5 Å². The first-order valence-electron chi connectivity index (χ1n) is 18.9. The van der Waals surface area contributed by atoms with Gasteiger partial charge in [0.2, 0.25) is 0 Å². The minimum absolute atomic E-state index is 0.666. The van der Waals surface area contributed by atoms with Crippen molar-refractivity contribution in [3.8, 4) is 56.4 Å². The molecule has 0 bridgehead atoms. The zero-order valence-corrected chi connectivity index (χ0v) is 32.8. The first-order valence-corrected chi connectivity index (χ1v) is 21.4. The van der Waals surface area contributed by atoms with Crippen LogP contribution in [0.4, 0.5) is 0 Å². The minimum Gasteiger partial charge on any atom is -0.208 e. The summed E-state index contributed by atoms with van der Waals surface area (Å²) in [5.74, 6) is 2.01. The van der Waals surface area contributed by atoms with Crippen molar-refractivity contribution < 1.29 is 0 Å². The Labute approximate surface area is 339 Å². The van der Waals surface area contributed by atoms with Crippen molar-refractivity contribution in [2.24, 2.45) is 0 Å². The molecule has 0 N–H and O–H groups in total. The van der Waals surface area contributed by atoms with Crippen LogP contribution in [0, 0.1) is 0 Å². The summed E-state index contributed by atoms with van der Waals surface area (Å²) in [7, 11) is 0. The summed E-state index contributed by atoms with van der Waals surface area (Å²) < 4.78 is 7.68. The number of hydrogen-bond acceptors (Lipinski definition) is 6. The van der Waals surface area contributed by atoms with Crippen molar-refractivity contribution in [2.75, 3.05) is 0 Å². The van der Waals surface area contributed by atoms with Crippen LogP contribution in [0.5, 0.6) is 0 Å². The van der Waals surface area contributed by atoms with Gasteiger partial charge >= 0.3 is 0 Å². The monoisotopic (exact) mass is 779 g/mol. The molecular weight excluding hydrogens is 751 g/mol. The zero-order chi connectivity index (χ0) is 37.5. The molecule has 266 valence electrons. The Morgan fingerprint density at radius 1 is 0.281 bits per heavy atom. The Kier molecular flexibility index (Phi) is 7.45. The Hall–Kier alpha value is -6.57. The molecule has 12 rings (SSSR count). The molecule has 0 spiro atoms. The summed E-state index contributed by atoms with van der Waals surface area (Å²) in [4.78, 5) is 15.1. The van der Waals surface area contributed by atoms with E-state index in [1.165, 1.54) is 82.8 Å². The summed E-state index contributed by atoms with van der Waals surface area (Å²) in [5.41, 5.74) is 7.99. The van der Waals surface area contributed by atoms with Crippen molar-refractivity contribution >= 4 is 94.5 Å². The van der Waals surface area contributed by atoms with Crippen molar-refractivity contribution in [1.29, 1.82) is 0 Å². The predicted octanol–water partition coefficient (Wildman–Crippen LogP) is 15.3. The normalized spacial score (nSPS) is 11.9. The van der Waals surface area contributed by atoms with Gasteiger partial charge in [0.25, 0.3) is 0 Å². The van der Waals surface area contributed by atoms with Gasteiger partial charge in [0, 0.05) is 77.2 Å². The molecule has 3 nitrogen and oxygen atoms in total. The van der Waals surface area contributed by atoms with Gasteiger partial charge in [-0.1, -0.05) is 140 Å². The number of fused-ring (bicyclic) bond motifs is 9. The van der Waals surface area contributed by atoms with E-state index >= 15 is 0 Å². The van der Waals surface area contributed by atoms with Crippen LogP contribution >= 0.6 is 34.0 Å². The van der Waals surface area contributed by atoms with Crippen molar-refractivity contribution in [3.63, 3.8) is 0 Å². The highest BCUT2D eigenvalue weighted by Crippen LogP contribution is 2.49. The Morgan fingerprint density at radius 2 is 0.807 bits per heavy atom. The Morgan fingerprint density at radius 3 is 1.56 bits per heavy atom. The standard InChI is InChI=1S/C51H29N3S3/c1-3-13-30(14-4-1)49-52-50(31-15-5-2-6-16-31)54-51(53-49)39-21-11-20-36-40-29-32(25-28-43(40)56-47(36)39)33-26-27-35(46-38-18-8-10-23-42(38)57-48(33)46)34-19-12-24-44-45(34)37-17-7-9-22-41(37)55-44/h1-29H. The first-order chi connectivity index (χ1) is 28.2. The molecule has 8 aromatic carbocycles. The van der Waals surface area contributed by atoms with E-state index in [1.807, 2.05) is 59.1 Å². The van der Waals surface area contributed by atoms with E-state index in [-0.39, 0.29) is 0 Å². The highest BCUT2D eigenvalue weighted by Gasteiger charge is 2.21. The Balaban J connectivity index is 1.05. The average molecular weight is 780 g/mol. The van der Waals surface area contributed by atoms with Crippen molar-refractivity contribution in [3.05, 3.63) is 176 Å². The fourth-order valence-corrected chi connectivity index (χ4v) is 11.9. The lowest BCUT2D eigenvalue weighted by Crippen LogP contribution is -2.00. The van der Waals surface area contributed by atoms with E-state index in [2.05, 4.69) is 140 Å². The van der Waals surface area contributed by atoms with Crippen LogP contribution in [0.1, 0.15) is 0 Å². The van der Waals surface area contributed by atoms with Crippen LogP contribution in [-0.4, -0.2) is 15.0 Å². The third-order valence-corrected chi connectivity index (χ3v) is 14.5. The lowest BCUT2D eigenvalue weighted by molar-refractivity contribution is 1.08. The third kappa shape index (κ3) is 5.26. The minimum atomic E-state index is 0.666. The highest BCUT2D eigenvalue weighted by atomic mass is 32.1. The van der Waals surface area contributed by atoms with Crippen LogP contribution in [0.3, 0.4) is 0 Å². The quantitative estimate of drug-likeness (QED) is 0.175. The molecule has 0 amide bonds. The molecule has 0 saturated heterocycles. The van der Waals surface area contributed by atoms with Gasteiger partial charge in [0.1, 0.15) is 0 Å². The predicted molar refractivity (Wildman–Crippen MR) is 246 cm³/mol. The first kappa shape index (κ1) is 32.7. The molecule has 0 fully saturated rings. The molecule has 0 aliphatic heterocycles. The molecular formula is C51H29N3S3. The molecule has 4 aromatic heterocycles. The molecule has 4 heterocycles. The maximum atomic E-state index is 5.09. The van der Waals surface area contributed by atoms with Crippen LogP contribution in [0.15, 0.2) is 176 Å². The van der Waals surface area contributed by atoms with E-state index in [9.17, 15) is 0 Å². The van der Waals surface area contributed by atoms with Gasteiger partial charge in [-0.3, -0.25) is 0 Å². The maximum absolute atomic E-state index is 5.09. The topological polar surface area (TPSA) is 38.7 Å². The van der Waals surface area contributed by atoms with Gasteiger partial charge in [-0.05, 0) is 58.7 Å². The van der Waals surface area contributed by atoms with Crippen LogP contribution in [0.2, 0.25) is 0 Å². The number of rotatable bonds is 5. The molecule has 6 heteroatoms. The molecule has 0 radical (unpaired) electrons. The molecule has 0 atom stereocenters. The summed E-state index contributed by atoms with van der Waals surface area (Å²) in [6.07, 6.45) is 0. The van der Waals surface area contributed by atoms with Crippen molar-refractivity contribution in [2.45, 2.75) is 0 Å². The van der Waals surface area contributed by atoms with E-state index < -0.39 is 0 Å². The molecule has 0 aliphatic rings. The number of thiophene rings is 3. The van der Waals surface area contributed by atoms with Crippen molar-refractivity contribution in [1.82, 2.24) is 15.0 Å². The summed E-state index contributed by atoms with van der Waals surface area (Å²) in [6, 6.07) is 63.0. The number of hydrogen-bond donors (Lipinski definition) is 0. The van der Waals surface area contributed by atoms with Gasteiger partial charge < -0.3 is 0 Å². The third-order valence-electron chi connectivity index (χ3n) is 11.0. The van der Waals surface area contributed by atoms with Crippen LogP contribution < -0.4 is 0 Å². The summed E-state index contributed by atoms with van der Waals surface area (Å²) >= 11 is 5.57. The average Bonchev–Trinajstić information content (AvgIpc) is 3.98. The SMILES string of the molecule is c1ccc(-c2nc(-c3ccccc3)nc(-c3cccc4c3sc3ccc(-c5ccc(-c6cccc7sc8ccccc8c67)c6c5sc5ccccc56)cc34)n2)cc1.